The first kappa shape index (κ1) is 12.9. The fraction of sp³-hybridized carbons (Fsp3) is 0.455. The molecule has 6 nitrogen and oxygen atoms in total. The quantitative estimate of drug-likeness (QED) is 0.718. The number of nitriles is 1. The van der Waals surface area contributed by atoms with Crippen LogP contribution in [0.5, 0.6) is 5.88 Å². The highest BCUT2D eigenvalue weighted by atomic mass is 16.5. The summed E-state index contributed by atoms with van der Waals surface area (Å²) in [5.74, 6) is -0.404. The number of ether oxygens (including phenoxy) is 2. The van der Waals surface area contributed by atoms with E-state index in [2.05, 4.69) is 9.97 Å². The zero-order valence-corrected chi connectivity index (χ0v) is 9.93. The molecule has 0 radical (unpaired) electrons. The first-order valence-electron chi connectivity index (χ1n) is 5.03. The van der Waals surface area contributed by atoms with Crippen LogP contribution in [-0.4, -0.2) is 29.7 Å². The SMILES string of the molecule is CCOC(=O)C(C)(C#N)c1cncc(OC)n1. The van der Waals surface area contributed by atoms with Crippen molar-refractivity contribution in [3.05, 3.63) is 18.1 Å². The molecule has 0 N–H and O–H groups in total. The first-order valence-corrected chi connectivity index (χ1v) is 5.03. The second-order valence-corrected chi connectivity index (χ2v) is 3.40. The van der Waals surface area contributed by atoms with Gasteiger partial charge in [-0.2, -0.15) is 5.26 Å². The second kappa shape index (κ2) is 5.25. The van der Waals surface area contributed by atoms with Gasteiger partial charge in [0.25, 0.3) is 0 Å². The maximum Gasteiger partial charge on any atom is 0.332 e. The van der Waals surface area contributed by atoms with E-state index < -0.39 is 11.4 Å². The van der Waals surface area contributed by atoms with E-state index in [1.807, 2.05) is 6.07 Å². The van der Waals surface area contributed by atoms with Gasteiger partial charge in [0, 0.05) is 0 Å². The Morgan fingerprint density at radius 2 is 2.29 bits per heavy atom. The Morgan fingerprint density at radius 3 is 2.82 bits per heavy atom. The number of carbonyl (C=O) groups is 1. The van der Waals surface area contributed by atoms with Gasteiger partial charge in [0.2, 0.25) is 5.88 Å². The molecule has 0 amide bonds. The minimum atomic E-state index is -1.47. The van der Waals surface area contributed by atoms with Crippen molar-refractivity contribution in [1.29, 1.82) is 5.26 Å². The van der Waals surface area contributed by atoms with Crippen LogP contribution >= 0.6 is 0 Å². The van der Waals surface area contributed by atoms with Gasteiger partial charge in [-0.15, -0.1) is 0 Å². The fourth-order valence-corrected chi connectivity index (χ4v) is 1.17. The summed E-state index contributed by atoms with van der Waals surface area (Å²) in [6.07, 6.45) is 2.75. The molecule has 0 saturated carbocycles. The monoisotopic (exact) mass is 235 g/mol. The fourth-order valence-electron chi connectivity index (χ4n) is 1.17. The van der Waals surface area contributed by atoms with E-state index in [0.717, 1.165) is 0 Å². The minimum Gasteiger partial charge on any atom is -0.480 e. The molecule has 0 aliphatic rings. The predicted octanol–water partition coefficient (Wildman–Crippen LogP) is 0.830. The van der Waals surface area contributed by atoms with E-state index in [9.17, 15) is 4.79 Å². The van der Waals surface area contributed by atoms with Crippen LogP contribution in [0.1, 0.15) is 19.5 Å². The molecule has 0 fully saturated rings. The maximum atomic E-state index is 11.7. The predicted molar refractivity (Wildman–Crippen MR) is 58.2 cm³/mol. The Hall–Kier alpha value is -2.16. The van der Waals surface area contributed by atoms with Crippen molar-refractivity contribution in [2.75, 3.05) is 13.7 Å². The highest BCUT2D eigenvalue weighted by Gasteiger charge is 2.39. The number of rotatable bonds is 4. The van der Waals surface area contributed by atoms with Gasteiger partial charge in [-0.1, -0.05) is 0 Å². The lowest BCUT2D eigenvalue weighted by molar-refractivity contribution is -0.147. The summed E-state index contributed by atoms with van der Waals surface area (Å²) < 4.78 is 9.75. The first-order chi connectivity index (χ1) is 8.08. The van der Waals surface area contributed by atoms with Crippen LogP contribution in [0.25, 0.3) is 0 Å². The van der Waals surface area contributed by atoms with Crippen LogP contribution in [0.3, 0.4) is 0 Å². The number of carbonyl (C=O) groups excluding carboxylic acids is 1. The summed E-state index contributed by atoms with van der Waals surface area (Å²) in [7, 11) is 1.43. The standard InChI is InChI=1S/C11H13N3O3/c1-4-17-10(15)11(2,7-12)8-5-13-6-9(14-8)16-3/h5-6H,4H2,1-3H3. The summed E-state index contributed by atoms with van der Waals surface area (Å²) in [4.78, 5) is 19.6. The molecule has 6 heteroatoms. The van der Waals surface area contributed by atoms with E-state index in [4.69, 9.17) is 14.7 Å². The van der Waals surface area contributed by atoms with Crippen molar-refractivity contribution in [3.8, 4) is 11.9 Å². The van der Waals surface area contributed by atoms with Gasteiger partial charge in [-0.25, -0.2) is 9.78 Å². The lowest BCUT2D eigenvalue weighted by Gasteiger charge is -2.18. The van der Waals surface area contributed by atoms with Crippen LogP contribution < -0.4 is 4.74 Å². The van der Waals surface area contributed by atoms with Crippen LogP contribution in [0, 0.1) is 11.3 Å². The van der Waals surface area contributed by atoms with Crippen molar-refractivity contribution in [2.24, 2.45) is 0 Å². The van der Waals surface area contributed by atoms with Crippen molar-refractivity contribution in [3.63, 3.8) is 0 Å². The number of hydrogen-bond acceptors (Lipinski definition) is 6. The number of hydrogen-bond donors (Lipinski definition) is 0. The van der Waals surface area contributed by atoms with Gasteiger partial charge in [0.05, 0.1) is 37.9 Å². The average molecular weight is 235 g/mol. The topological polar surface area (TPSA) is 85.1 Å². The smallest absolute Gasteiger partial charge is 0.332 e. The maximum absolute atomic E-state index is 11.7. The van der Waals surface area contributed by atoms with E-state index in [-0.39, 0.29) is 18.2 Å². The number of aromatic nitrogens is 2. The largest absolute Gasteiger partial charge is 0.480 e. The lowest BCUT2D eigenvalue weighted by Crippen LogP contribution is -2.34. The van der Waals surface area contributed by atoms with Crippen molar-refractivity contribution in [2.45, 2.75) is 19.3 Å². The Kier molecular flexibility index (Phi) is 3.99. The second-order valence-electron chi connectivity index (χ2n) is 3.40. The molecular formula is C11H13N3O3. The molecule has 1 aromatic heterocycles. The lowest BCUT2D eigenvalue weighted by atomic mass is 9.89. The summed E-state index contributed by atoms with van der Waals surface area (Å²) in [6.45, 7) is 3.31. The minimum absolute atomic E-state index is 0.202. The van der Waals surface area contributed by atoms with Crippen LogP contribution in [-0.2, 0) is 14.9 Å². The van der Waals surface area contributed by atoms with Gasteiger partial charge < -0.3 is 9.47 Å². The van der Waals surface area contributed by atoms with Gasteiger partial charge >= 0.3 is 5.97 Å². The molecular weight excluding hydrogens is 222 g/mol. The Balaban J connectivity index is 3.16. The molecule has 0 bridgehead atoms. The van der Waals surface area contributed by atoms with E-state index in [1.54, 1.807) is 6.92 Å². The van der Waals surface area contributed by atoms with Gasteiger partial charge in [0.15, 0.2) is 5.41 Å². The third-order valence-corrected chi connectivity index (χ3v) is 2.24. The number of methoxy groups -OCH3 is 1. The molecule has 0 aromatic carbocycles. The molecule has 0 spiro atoms. The van der Waals surface area contributed by atoms with Crippen LogP contribution in [0.2, 0.25) is 0 Å². The van der Waals surface area contributed by atoms with Crippen LogP contribution in [0.4, 0.5) is 0 Å². The normalized spacial score (nSPS) is 13.3. The van der Waals surface area contributed by atoms with E-state index in [1.165, 1.54) is 26.4 Å². The number of esters is 1. The molecule has 17 heavy (non-hydrogen) atoms. The summed E-state index contributed by atoms with van der Waals surface area (Å²) in [5.41, 5.74) is -1.27. The molecule has 1 heterocycles. The third kappa shape index (κ3) is 2.50. The average Bonchev–Trinajstić information content (AvgIpc) is 2.38. The highest BCUT2D eigenvalue weighted by Crippen LogP contribution is 2.23. The molecule has 90 valence electrons. The summed E-state index contributed by atoms with van der Waals surface area (Å²) >= 11 is 0. The van der Waals surface area contributed by atoms with Crippen molar-refractivity contribution in [1.82, 2.24) is 9.97 Å². The number of nitrogens with zero attached hydrogens (tertiary/aromatic N) is 3. The molecule has 1 atom stereocenters. The van der Waals surface area contributed by atoms with Gasteiger partial charge in [-0.05, 0) is 13.8 Å². The molecule has 0 aliphatic carbocycles. The zero-order chi connectivity index (χ0) is 12.9. The molecule has 0 saturated heterocycles. The Bertz CT molecular complexity index is 456. The molecule has 0 aliphatic heterocycles. The summed E-state index contributed by atoms with van der Waals surface area (Å²) in [6, 6.07) is 1.90. The molecule has 1 unspecified atom stereocenters. The van der Waals surface area contributed by atoms with Crippen molar-refractivity contribution >= 4 is 5.97 Å². The molecule has 1 rings (SSSR count). The van der Waals surface area contributed by atoms with E-state index >= 15 is 0 Å². The zero-order valence-electron chi connectivity index (χ0n) is 9.93. The van der Waals surface area contributed by atoms with Gasteiger partial charge in [0.1, 0.15) is 0 Å². The van der Waals surface area contributed by atoms with Crippen molar-refractivity contribution < 1.29 is 14.3 Å². The Labute approximate surface area is 99.2 Å². The molecule has 1 aromatic rings. The summed E-state index contributed by atoms with van der Waals surface area (Å²) in [5, 5.41) is 9.14. The Morgan fingerprint density at radius 1 is 1.59 bits per heavy atom. The van der Waals surface area contributed by atoms with Gasteiger partial charge in [-0.3, -0.25) is 4.98 Å². The highest BCUT2D eigenvalue weighted by molar-refractivity contribution is 5.85. The van der Waals surface area contributed by atoms with E-state index in [0.29, 0.717) is 0 Å². The van der Waals surface area contributed by atoms with Crippen LogP contribution in [0.15, 0.2) is 12.4 Å². The third-order valence-electron chi connectivity index (χ3n) is 2.24.